The van der Waals surface area contributed by atoms with Crippen molar-refractivity contribution < 1.29 is 4.79 Å². The molecule has 2 atom stereocenters. The van der Waals surface area contributed by atoms with Crippen molar-refractivity contribution in [2.24, 2.45) is 17.1 Å². The van der Waals surface area contributed by atoms with Gasteiger partial charge in [0, 0.05) is 18.3 Å². The van der Waals surface area contributed by atoms with E-state index in [2.05, 4.69) is 39.8 Å². The number of aryl methyl sites for hydroxylation is 1. The molecular formula is C18H28N2O. The summed E-state index contributed by atoms with van der Waals surface area (Å²) < 4.78 is 0. The second-order valence-corrected chi connectivity index (χ2v) is 7.42. The van der Waals surface area contributed by atoms with Crippen molar-refractivity contribution in [1.29, 1.82) is 0 Å². The summed E-state index contributed by atoms with van der Waals surface area (Å²) in [4.78, 5) is 15.0. The number of rotatable bonds is 3. The van der Waals surface area contributed by atoms with E-state index in [9.17, 15) is 4.79 Å². The van der Waals surface area contributed by atoms with Crippen LogP contribution in [0.25, 0.3) is 0 Å². The van der Waals surface area contributed by atoms with Crippen LogP contribution in [0.1, 0.15) is 46.1 Å². The van der Waals surface area contributed by atoms with Gasteiger partial charge < -0.3 is 10.6 Å². The Labute approximate surface area is 128 Å². The number of carbonyl (C=O) groups excluding carboxylic acids is 1. The molecule has 1 aromatic carbocycles. The van der Waals surface area contributed by atoms with E-state index in [0.29, 0.717) is 6.54 Å². The van der Waals surface area contributed by atoms with Crippen LogP contribution in [-0.4, -0.2) is 18.5 Å². The SMILES string of the molecule is CC1CCc2ccccc2N1C(=O)C(CN)CC(C)(C)C. The Morgan fingerprint density at radius 2 is 2.05 bits per heavy atom. The molecule has 21 heavy (non-hydrogen) atoms. The number of para-hydroxylation sites is 1. The maximum absolute atomic E-state index is 13.0. The lowest BCUT2D eigenvalue weighted by Crippen LogP contribution is -2.47. The fourth-order valence-electron chi connectivity index (χ4n) is 3.23. The topological polar surface area (TPSA) is 46.3 Å². The van der Waals surface area contributed by atoms with Crippen LogP contribution in [0.15, 0.2) is 24.3 Å². The number of benzene rings is 1. The monoisotopic (exact) mass is 288 g/mol. The van der Waals surface area contributed by atoms with Gasteiger partial charge in [-0.3, -0.25) is 4.79 Å². The number of hydrogen-bond donors (Lipinski definition) is 1. The second-order valence-electron chi connectivity index (χ2n) is 7.42. The minimum absolute atomic E-state index is 0.0985. The predicted molar refractivity (Wildman–Crippen MR) is 88.3 cm³/mol. The standard InChI is InChI=1S/C18H28N2O/c1-13-9-10-14-7-5-6-8-16(14)20(13)17(21)15(12-19)11-18(2,3)4/h5-8,13,15H,9-12,19H2,1-4H3. The minimum Gasteiger partial charge on any atom is -0.330 e. The van der Waals surface area contributed by atoms with Crippen LogP contribution in [0.5, 0.6) is 0 Å². The number of anilines is 1. The lowest BCUT2D eigenvalue weighted by Gasteiger charge is -2.38. The molecule has 1 aliphatic rings. The Hall–Kier alpha value is -1.35. The Bertz CT molecular complexity index is 504. The molecule has 2 unspecified atom stereocenters. The lowest BCUT2D eigenvalue weighted by molar-refractivity contribution is -0.123. The highest BCUT2D eigenvalue weighted by molar-refractivity contribution is 5.97. The van der Waals surface area contributed by atoms with E-state index < -0.39 is 0 Å². The van der Waals surface area contributed by atoms with E-state index >= 15 is 0 Å². The summed E-state index contributed by atoms with van der Waals surface area (Å²) in [7, 11) is 0. The number of hydrogen-bond acceptors (Lipinski definition) is 2. The molecule has 3 heteroatoms. The quantitative estimate of drug-likeness (QED) is 0.927. The number of carbonyl (C=O) groups is 1. The highest BCUT2D eigenvalue weighted by Crippen LogP contribution is 2.33. The maximum atomic E-state index is 13.0. The van der Waals surface area contributed by atoms with Gasteiger partial charge in [0.1, 0.15) is 0 Å². The second kappa shape index (κ2) is 6.18. The molecule has 0 spiro atoms. The van der Waals surface area contributed by atoms with Gasteiger partial charge in [0.15, 0.2) is 0 Å². The van der Waals surface area contributed by atoms with E-state index in [1.807, 2.05) is 17.0 Å². The zero-order valence-electron chi connectivity index (χ0n) is 13.7. The molecule has 0 aliphatic carbocycles. The molecule has 1 aliphatic heterocycles. The van der Waals surface area contributed by atoms with Crippen molar-refractivity contribution in [3.05, 3.63) is 29.8 Å². The molecule has 2 rings (SSSR count). The van der Waals surface area contributed by atoms with Crippen molar-refractivity contribution in [2.45, 2.75) is 53.0 Å². The van der Waals surface area contributed by atoms with Crippen molar-refractivity contribution in [3.8, 4) is 0 Å². The summed E-state index contributed by atoms with van der Waals surface area (Å²) in [6.07, 6.45) is 2.90. The van der Waals surface area contributed by atoms with E-state index in [4.69, 9.17) is 5.73 Å². The van der Waals surface area contributed by atoms with Crippen LogP contribution < -0.4 is 10.6 Å². The summed E-state index contributed by atoms with van der Waals surface area (Å²) in [6.45, 7) is 9.05. The van der Waals surface area contributed by atoms with Crippen molar-refractivity contribution in [1.82, 2.24) is 0 Å². The fourth-order valence-corrected chi connectivity index (χ4v) is 3.23. The van der Waals surface area contributed by atoms with Crippen molar-refractivity contribution in [2.75, 3.05) is 11.4 Å². The van der Waals surface area contributed by atoms with Gasteiger partial charge >= 0.3 is 0 Å². The third-order valence-corrected chi connectivity index (χ3v) is 4.25. The van der Waals surface area contributed by atoms with Gasteiger partial charge in [-0.15, -0.1) is 0 Å². The normalized spacial score (nSPS) is 20.0. The zero-order chi connectivity index (χ0) is 15.6. The molecule has 2 N–H and O–H groups in total. The van der Waals surface area contributed by atoms with E-state index in [-0.39, 0.29) is 23.3 Å². The number of amides is 1. The van der Waals surface area contributed by atoms with Gasteiger partial charge in [-0.1, -0.05) is 39.0 Å². The molecule has 0 saturated carbocycles. The number of fused-ring (bicyclic) bond motifs is 1. The molecule has 1 amide bonds. The van der Waals surface area contributed by atoms with Crippen molar-refractivity contribution in [3.63, 3.8) is 0 Å². The third-order valence-electron chi connectivity index (χ3n) is 4.25. The first-order valence-electron chi connectivity index (χ1n) is 7.94. The van der Waals surface area contributed by atoms with Crippen LogP contribution in [0.4, 0.5) is 5.69 Å². The minimum atomic E-state index is -0.0985. The molecule has 1 aromatic rings. The largest absolute Gasteiger partial charge is 0.330 e. The van der Waals surface area contributed by atoms with Gasteiger partial charge in [0.05, 0.1) is 5.92 Å². The average Bonchev–Trinajstić information content (AvgIpc) is 2.43. The first kappa shape index (κ1) is 16.0. The van der Waals surface area contributed by atoms with Crippen LogP contribution in [0, 0.1) is 11.3 Å². The molecule has 0 fully saturated rings. The van der Waals surface area contributed by atoms with Crippen LogP contribution in [-0.2, 0) is 11.2 Å². The maximum Gasteiger partial charge on any atom is 0.231 e. The van der Waals surface area contributed by atoms with E-state index in [1.165, 1.54) is 5.56 Å². The lowest BCUT2D eigenvalue weighted by atomic mass is 9.83. The molecule has 0 radical (unpaired) electrons. The highest BCUT2D eigenvalue weighted by Gasteiger charge is 2.33. The smallest absolute Gasteiger partial charge is 0.231 e. The summed E-state index contributed by atoms with van der Waals surface area (Å²) in [5, 5.41) is 0. The molecular weight excluding hydrogens is 260 g/mol. The van der Waals surface area contributed by atoms with Gasteiger partial charge in [-0.2, -0.15) is 0 Å². The molecule has 1 heterocycles. The van der Waals surface area contributed by atoms with Crippen LogP contribution in [0.3, 0.4) is 0 Å². The summed E-state index contributed by atoms with van der Waals surface area (Å²) in [5.41, 5.74) is 8.37. The number of nitrogens with zero attached hydrogens (tertiary/aromatic N) is 1. The molecule has 116 valence electrons. The highest BCUT2D eigenvalue weighted by atomic mass is 16.2. The zero-order valence-corrected chi connectivity index (χ0v) is 13.7. The summed E-state index contributed by atoms with van der Waals surface area (Å²) in [6, 6.07) is 8.50. The van der Waals surface area contributed by atoms with Crippen molar-refractivity contribution >= 4 is 11.6 Å². The Morgan fingerprint density at radius 1 is 1.38 bits per heavy atom. The van der Waals surface area contributed by atoms with Gasteiger partial charge in [-0.25, -0.2) is 0 Å². The Balaban J connectivity index is 2.29. The average molecular weight is 288 g/mol. The molecule has 0 saturated heterocycles. The van der Waals surface area contributed by atoms with Gasteiger partial charge in [-0.05, 0) is 43.2 Å². The van der Waals surface area contributed by atoms with Gasteiger partial charge in [0.25, 0.3) is 0 Å². The Kier molecular flexibility index (Phi) is 4.72. The fraction of sp³-hybridized carbons (Fsp3) is 0.611. The molecule has 0 aromatic heterocycles. The van der Waals surface area contributed by atoms with Crippen LogP contribution in [0.2, 0.25) is 0 Å². The van der Waals surface area contributed by atoms with Crippen LogP contribution >= 0.6 is 0 Å². The van der Waals surface area contributed by atoms with E-state index in [0.717, 1.165) is 24.9 Å². The third kappa shape index (κ3) is 3.65. The Morgan fingerprint density at radius 3 is 2.67 bits per heavy atom. The van der Waals surface area contributed by atoms with E-state index in [1.54, 1.807) is 0 Å². The summed E-state index contributed by atoms with van der Waals surface area (Å²) >= 11 is 0. The van der Waals surface area contributed by atoms with Gasteiger partial charge in [0.2, 0.25) is 5.91 Å². The number of nitrogens with two attached hydrogens (primary N) is 1. The molecule has 0 bridgehead atoms. The predicted octanol–water partition coefficient (Wildman–Crippen LogP) is 3.37. The first-order chi connectivity index (χ1) is 9.83. The molecule has 3 nitrogen and oxygen atoms in total. The summed E-state index contributed by atoms with van der Waals surface area (Å²) in [5.74, 6) is 0.0886. The first-order valence-corrected chi connectivity index (χ1v) is 7.94.